The van der Waals surface area contributed by atoms with Gasteiger partial charge in [0.15, 0.2) is 5.75 Å². The van der Waals surface area contributed by atoms with Crippen LogP contribution in [0.1, 0.15) is 23.8 Å². The topological polar surface area (TPSA) is 65.4 Å². The first kappa shape index (κ1) is 13.0. The van der Waals surface area contributed by atoms with Gasteiger partial charge in [-0.15, -0.1) is 0 Å². The molecule has 2 atom stereocenters. The van der Waals surface area contributed by atoms with Crippen molar-refractivity contribution in [3.05, 3.63) is 11.9 Å². The zero-order chi connectivity index (χ0) is 13.1. The number of nitrogens with zero attached hydrogens (tertiary/aromatic N) is 2. The average molecular weight is 253 g/mol. The van der Waals surface area contributed by atoms with Gasteiger partial charge in [0.1, 0.15) is 5.69 Å². The maximum atomic E-state index is 12.5. The van der Waals surface area contributed by atoms with Crippen molar-refractivity contribution in [1.82, 2.24) is 15.1 Å². The van der Waals surface area contributed by atoms with Crippen molar-refractivity contribution in [2.24, 2.45) is 0 Å². The predicted molar refractivity (Wildman–Crippen MR) is 66.0 cm³/mol. The van der Waals surface area contributed by atoms with E-state index in [1.165, 1.54) is 0 Å². The van der Waals surface area contributed by atoms with Crippen LogP contribution in [0.4, 0.5) is 0 Å². The van der Waals surface area contributed by atoms with Crippen LogP contribution in [-0.2, 0) is 11.3 Å². The lowest BCUT2D eigenvalue weighted by molar-refractivity contribution is 0.0906. The van der Waals surface area contributed by atoms with E-state index in [1.54, 1.807) is 25.1 Å². The number of methoxy groups -OCH3 is 2. The van der Waals surface area contributed by atoms with E-state index in [2.05, 4.69) is 10.4 Å². The van der Waals surface area contributed by atoms with Crippen molar-refractivity contribution in [2.75, 3.05) is 20.8 Å². The van der Waals surface area contributed by atoms with Crippen LogP contribution in [0.3, 0.4) is 0 Å². The Morgan fingerprint density at radius 1 is 1.61 bits per heavy atom. The van der Waals surface area contributed by atoms with Crippen molar-refractivity contribution in [2.45, 2.75) is 32.0 Å². The number of aromatic nitrogens is 2. The molecule has 1 aliphatic heterocycles. The Morgan fingerprint density at radius 3 is 2.94 bits per heavy atom. The highest BCUT2D eigenvalue weighted by molar-refractivity contribution is 6.01. The minimum Gasteiger partial charge on any atom is -0.493 e. The molecule has 1 aromatic heterocycles. The molecule has 1 aliphatic rings. The monoisotopic (exact) mass is 253 g/mol. The van der Waals surface area contributed by atoms with Crippen LogP contribution in [-0.4, -0.2) is 48.5 Å². The molecule has 6 nitrogen and oxygen atoms in total. The number of hydrogen-bond acceptors (Lipinski definition) is 5. The standard InChI is InChI=1S/C12H19N3O3/c1-4-15-11(10(18-3)7-14-15)12(16)9-5-8(17-2)6-13-9/h7-9,13H,4-6H2,1-3H3. The van der Waals surface area contributed by atoms with Gasteiger partial charge < -0.3 is 14.8 Å². The Morgan fingerprint density at radius 2 is 2.39 bits per heavy atom. The maximum Gasteiger partial charge on any atom is 0.201 e. The molecule has 0 radical (unpaired) electrons. The number of Topliss-reactive ketones (excluding diaryl/α,β-unsaturated/α-hetero) is 1. The Bertz CT molecular complexity index is 409. The second kappa shape index (κ2) is 5.49. The Balaban J connectivity index is 2.20. The number of aryl methyl sites for hydroxylation is 1. The van der Waals surface area contributed by atoms with Crippen LogP contribution >= 0.6 is 0 Å². The van der Waals surface area contributed by atoms with Crippen LogP contribution in [0.25, 0.3) is 0 Å². The van der Waals surface area contributed by atoms with Crippen LogP contribution in [0.5, 0.6) is 5.75 Å². The molecule has 2 unspecified atom stereocenters. The fourth-order valence-corrected chi connectivity index (χ4v) is 2.25. The normalized spacial score (nSPS) is 23.3. The summed E-state index contributed by atoms with van der Waals surface area (Å²) in [6, 6.07) is -0.217. The molecule has 100 valence electrons. The minimum atomic E-state index is -0.217. The molecule has 1 saturated heterocycles. The van der Waals surface area contributed by atoms with E-state index in [-0.39, 0.29) is 17.9 Å². The first-order valence-electron chi connectivity index (χ1n) is 6.11. The van der Waals surface area contributed by atoms with Crippen molar-refractivity contribution in [1.29, 1.82) is 0 Å². The predicted octanol–water partition coefficient (Wildman–Crippen LogP) is 0.471. The maximum absolute atomic E-state index is 12.5. The molecule has 2 heterocycles. The van der Waals surface area contributed by atoms with Crippen LogP contribution in [0, 0.1) is 0 Å². The van der Waals surface area contributed by atoms with E-state index < -0.39 is 0 Å². The minimum absolute atomic E-state index is 0.0192. The molecule has 1 aromatic rings. The molecule has 1 N–H and O–H groups in total. The van der Waals surface area contributed by atoms with Gasteiger partial charge in [-0.25, -0.2) is 0 Å². The molecule has 0 amide bonds. The number of nitrogens with one attached hydrogen (secondary N) is 1. The van der Waals surface area contributed by atoms with Gasteiger partial charge in [0.25, 0.3) is 0 Å². The summed E-state index contributed by atoms with van der Waals surface area (Å²) in [5.41, 5.74) is 0.536. The molecule has 0 aromatic carbocycles. The van der Waals surface area contributed by atoms with E-state index >= 15 is 0 Å². The van der Waals surface area contributed by atoms with Gasteiger partial charge in [-0.2, -0.15) is 5.10 Å². The summed E-state index contributed by atoms with van der Waals surface area (Å²) in [4.78, 5) is 12.5. The van der Waals surface area contributed by atoms with Crippen LogP contribution in [0.15, 0.2) is 6.20 Å². The molecule has 18 heavy (non-hydrogen) atoms. The highest BCUT2D eigenvalue weighted by atomic mass is 16.5. The van der Waals surface area contributed by atoms with E-state index in [0.29, 0.717) is 31.0 Å². The Labute approximate surface area is 106 Å². The number of ether oxygens (including phenoxy) is 2. The van der Waals surface area contributed by atoms with Crippen LogP contribution < -0.4 is 10.1 Å². The van der Waals surface area contributed by atoms with Gasteiger partial charge in [0.05, 0.1) is 25.5 Å². The van der Waals surface area contributed by atoms with Gasteiger partial charge in [0, 0.05) is 20.2 Å². The lowest BCUT2D eigenvalue weighted by Crippen LogP contribution is -2.32. The van der Waals surface area contributed by atoms with E-state index in [4.69, 9.17) is 9.47 Å². The number of hydrogen-bond donors (Lipinski definition) is 1. The van der Waals surface area contributed by atoms with Crippen molar-refractivity contribution < 1.29 is 14.3 Å². The summed E-state index contributed by atoms with van der Waals surface area (Å²) >= 11 is 0. The molecule has 0 saturated carbocycles. The number of ketones is 1. The summed E-state index contributed by atoms with van der Waals surface area (Å²) < 4.78 is 12.1. The van der Waals surface area contributed by atoms with E-state index in [0.717, 1.165) is 0 Å². The van der Waals surface area contributed by atoms with Crippen LogP contribution in [0.2, 0.25) is 0 Å². The molecule has 6 heteroatoms. The summed E-state index contributed by atoms with van der Waals surface area (Å²) in [6.45, 7) is 3.30. The summed E-state index contributed by atoms with van der Waals surface area (Å²) in [5.74, 6) is 0.551. The van der Waals surface area contributed by atoms with Gasteiger partial charge in [0.2, 0.25) is 5.78 Å². The summed E-state index contributed by atoms with van der Waals surface area (Å²) in [5, 5.41) is 7.33. The fraction of sp³-hybridized carbons (Fsp3) is 0.667. The highest BCUT2D eigenvalue weighted by Crippen LogP contribution is 2.22. The van der Waals surface area contributed by atoms with E-state index in [1.807, 2.05) is 6.92 Å². The molecule has 0 spiro atoms. The molecular weight excluding hydrogens is 234 g/mol. The fourth-order valence-electron chi connectivity index (χ4n) is 2.25. The van der Waals surface area contributed by atoms with Crippen molar-refractivity contribution >= 4 is 5.78 Å². The zero-order valence-electron chi connectivity index (χ0n) is 11.0. The van der Waals surface area contributed by atoms with Gasteiger partial charge >= 0.3 is 0 Å². The quantitative estimate of drug-likeness (QED) is 0.773. The SMILES string of the molecule is CCn1ncc(OC)c1C(=O)C1CC(OC)CN1. The Kier molecular flexibility index (Phi) is 3.98. The second-order valence-corrected chi connectivity index (χ2v) is 4.30. The second-order valence-electron chi connectivity index (χ2n) is 4.30. The average Bonchev–Trinajstić information content (AvgIpc) is 3.03. The first-order chi connectivity index (χ1) is 8.71. The number of carbonyl (C=O) groups excluding carboxylic acids is 1. The van der Waals surface area contributed by atoms with E-state index in [9.17, 15) is 4.79 Å². The summed E-state index contributed by atoms with van der Waals surface area (Å²) in [6.07, 6.45) is 2.37. The summed E-state index contributed by atoms with van der Waals surface area (Å²) in [7, 11) is 3.21. The molecular formula is C12H19N3O3. The smallest absolute Gasteiger partial charge is 0.201 e. The third-order valence-corrected chi connectivity index (χ3v) is 3.30. The number of rotatable bonds is 5. The van der Waals surface area contributed by atoms with Gasteiger partial charge in [-0.05, 0) is 13.3 Å². The lowest BCUT2D eigenvalue weighted by Gasteiger charge is -2.11. The molecule has 0 aliphatic carbocycles. The first-order valence-corrected chi connectivity index (χ1v) is 6.11. The van der Waals surface area contributed by atoms with Crippen molar-refractivity contribution in [3.8, 4) is 5.75 Å². The number of carbonyl (C=O) groups is 1. The third-order valence-electron chi connectivity index (χ3n) is 3.30. The Hall–Kier alpha value is -1.40. The third kappa shape index (κ3) is 2.26. The molecule has 0 bridgehead atoms. The lowest BCUT2D eigenvalue weighted by atomic mass is 10.1. The molecule has 2 rings (SSSR count). The molecule has 1 fully saturated rings. The van der Waals surface area contributed by atoms with Crippen molar-refractivity contribution in [3.63, 3.8) is 0 Å². The van der Waals surface area contributed by atoms with Gasteiger partial charge in [-0.1, -0.05) is 0 Å². The largest absolute Gasteiger partial charge is 0.493 e. The highest BCUT2D eigenvalue weighted by Gasteiger charge is 2.33. The zero-order valence-corrected chi connectivity index (χ0v) is 11.0. The van der Waals surface area contributed by atoms with Gasteiger partial charge in [-0.3, -0.25) is 9.48 Å².